The molecule has 0 bridgehead atoms. The van der Waals surface area contributed by atoms with E-state index < -0.39 is 5.97 Å². The highest BCUT2D eigenvalue weighted by Gasteiger charge is 2.23. The van der Waals surface area contributed by atoms with Gasteiger partial charge in [0.2, 0.25) is 0 Å². The first-order valence-corrected chi connectivity index (χ1v) is 7.96. The minimum Gasteiger partial charge on any atom is -0.481 e. The summed E-state index contributed by atoms with van der Waals surface area (Å²) in [6.07, 6.45) is 1.99. The van der Waals surface area contributed by atoms with E-state index in [0.29, 0.717) is 12.6 Å². The molecule has 2 unspecified atom stereocenters. The van der Waals surface area contributed by atoms with E-state index in [9.17, 15) is 9.59 Å². The predicted molar refractivity (Wildman–Crippen MR) is 82.3 cm³/mol. The van der Waals surface area contributed by atoms with Crippen LogP contribution >= 0.6 is 0 Å². The van der Waals surface area contributed by atoms with Crippen LogP contribution in [0.4, 0.5) is 4.79 Å². The van der Waals surface area contributed by atoms with Crippen LogP contribution in [0.1, 0.15) is 40.0 Å². The van der Waals surface area contributed by atoms with Gasteiger partial charge in [-0.2, -0.15) is 0 Å². The number of rotatable bonds is 7. The van der Waals surface area contributed by atoms with Crippen LogP contribution in [0.3, 0.4) is 0 Å². The summed E-state index contributed by atoms with van der Waals surface area (Å²) >= 11 is 0. The van der Waals surface area contributed by atoms with Gasteiger partial charge in [0.25, 0.3) is 0 Å². The van der Waals surface area contributed by atoms with Crippen molar-refractivity contribution in [1.29, 1.82) is 0 Å². The molecule has 6 heteroatoms. The Bertz CT molecular complexity index is 341. The molecule has 6 nitrogen and oxygen atoms in total. The van der Waals surface area contributed by atoms with E-state index in [0.717, 1.165) is 39.0 Å². The van der Waals surface area contributed by atoms with E-state index in [4.69, 9.17) is 5.11 Å². The largest absolute Gasteiger partial charge is 0.481 e. The second-order valence-corrected chi connectivity index (χ2v) is 5.84. The quantitative estimate of drug-likeness (QED) is 0.749. The molecule has 0 aromatic rings. The number of nitrogens with one attached hydrogen (secondary N) is 1. The van der Waals surface area contributed by atoms with Crippen LogP contribution in [0.2, 0.25) is 0 Å². The third kappa shape index (κ3) is 5.91. The zero-order valence-corrected chi connectivity index (χ0v) is 13.5. The van der Waals surface area contributed by atoms with E-state index in [1.54, 1.807) is 0 Å². The van der Waals surface area contributed by atoms with Crippen LogP contribution in [0.15, 0.2) is 0 Å². The fourth-order valence-corrected chi connectivity index (χ4v) is 2.58. The van der Waals surface area contributed by atoms with Crippen LogP contribution in [0.5, 0.6) is 0 Å². The van der Waals surface area contributed by atoms with Crippen molar-refractivity contribution >= 4 is 12.0 Å². The number of carboxylic acids is 1. The number of hydrogen-bond donors (Lipinski definition) is 2. The summed E-state index contributed by atoms with van der Waals surface area (Å²) in [5.74, 6) is -0.800. The zero-order valence-electron chi connectivity index (χ0n) is 13.5. The second-order valence-electron chi connectivity index (χ2n) is 5.84. The number of carboxylic acid groups (broad SMARTS) is 1. The fraction of sp³-hybridized carbons (Fsp3) is 0.867. The summed E-state index contributed by atoms with van der Waals surface area (Å²) in [5, 5.41) is 11.7. The SMILES string of the molecule is CCC(CNC(=O)N1CCN(C(C)CC)CC1)CC(=O)O. The molecule has 0 spiro atoms. The van der Waals surface area contributed by atoms with Crippen molar-refractivity contribution in [3.05, 3.63) is 0 Å². The van der Waals surface area contributed by atoms with Crippen molar-refractivity contribution in [2.45, 2.75) is 46.1 Å². The van der Waals surface area contributed by atoms with Crippen molar-refractivity contribution in [2.24, 2.45) is 5.92 Å². The summed E-state index contributed by atoms with van der Waals surface area (Å²) < 4.78 is 0. The average molecular weight is 299 g/mol. The lowest BCUT2D eigenvalue weighted by Crippen LogP contribution is -2.54. The smallest absolute Gasteiger partial charge is 0.317 e. The Hall–Kier alpha value is -1.30. The molecule has 2 amide bonds. The number of hydrogen-bond acceptors (Lipinski definition) is 3. The lowest BCUT2D eigenvalue weighted by Gasteiger charge is -2.37. The molecule has 2 N–H and O–H groups in total. The molecule has 1 aliphatic heterocycles. The number of carbonyl (C=O) groups excluding carboxylic acids is 1. The summed E-state index contributed by atoms with van der Waals surface area (Å²) in [6, 6.07) is 0.498. The van der Waals surface area contributed by atoms with Crippen molar-refractivity contribution in [3.8, 4) is 0 Å². The Kier molecular flexibility index (Phi) is 7.50. The molecule has 1 saturated heterocycles. The summed E-state index contributed by atoms with van der Waals surface area (Å²) in [4.78, 5) is 27.0. The molecule has 1 fully saturated rings. The number of aliphatic carboxylic acids is 1. The average Bonchev–Trinajstić information content (AvgIpc) is 2.50. The van der Waals surface area contributed by atoms with Crippen LogP contribution in [0.25, 0.3) is 0 Å². The van der Waals surface area contributed by atoms with E-state index in [2.05, 4.69) is 24.1 Å². The monoisotopic (exact) mass is 299 g/mol. The number of amides is 2. The Labute approximate surface area is 127 Å². The molecule has 2 atom stereocenters. The third-order valence-electron chi connectivity index (χ3n) is 4.40. The molecule has 0 aromatic carbocycles. The highest BCUT2D eigenvalue weighted by atomic mass is 16.4. The van der Waals surface area contributed by atoms with Crippen LogP contribution in [-0.2, 0) is 4.79 Å². The van der Waals surface area contributed by atoms with Gasteiger partial charge < -0.3 is 15.3 Å². The maximum Gasteiger partial charge on any atom is 0.317 e. The van der Waals surface area contributed by atoms with Gasteiger partial charge in [0, 0.05) is 45.2 Å². The first-order valence-electron chi connectivity index (χ1n) is 7.96. The molecule has 1 heterocycles. The zero-order chi connectivity index (χ0) is 15.8. The molecule has 0 radical (unpaired) electrons. The molecule has 0 aliphatic carbocycles. The van der Waals surface area contributed by atoms with E-state index in [1.165, 1.54) is 0 Å². The topological polar surface area (TPSA) is 72.9 Å². The third-order valence-corrected chi connectivity index (χ3v) is 4.40. The molecule has 21 heavy (non-hydrogen) atoms. The van der Waals surface area contributed by atoms with Crippen molar-refractivity contribution < 1.29 is 14.7 Å². The predicted octanol–water partition coefficient (Wildman–Crippen LogP) is 1.61. The van der Waals surface area contributed by atoms with Crippen molar-refractivity contribution in [1.82, 2.24) is 15.1 Å². The van der Waals surface area contributed by atoms with Gasteiger partial charge in [-0.1, -0.05) is 20.3 Å². The Morgan fingerprint density at radius 3 is 2.24 bits per heavy atom. The van der Waals surface area contributed by atoms with Gasteiger partial charge in [-0.25, -0.2) is 4.79 Å². The minimum absolute atomic E-state index is 0.00727. The minimum atomic E-state index is -0.807. The first-order chi connectivity index (χ1) is 9.97. The van der Waals surface area contributed by atoms with Crippen LogP contribution < -0.4 is 5.32 Å². The summed E-state index contributed by atoms with van der Waals surface area (Å²) in [7, 11) is 0. The Morgan fingerprint density at radius 2 is 1.76 bits per heavy atom. The molecular weight excluding hydrogens is 270 g/mol. The Morgan fingerprint density at radius 1 is 1.14 bits per heavy atom. The Balaban J connectivity index is 2.32. The maximum atomic E-state index is 12.1. The normalized spacial score (nSPS) is 19.1. The number of piperazine rings is 1. The van der Waals surface area contributed by atoms with Gasteiger partial charge >= 0.3 is 12.0 Å². The standard InChI is InChI=1S/C15H29N3O3/c1-4-12(3)17-6-8-18(9-7-17)15(21)16-11-13(5-2)10-14(19)20/h12-13H,4-11H2,1-3H3,(H,16,21)(H,19,20). The van der Waals surface area contributed by atoms with Gasteiger partial charge in [-0.15, -0.1) is 0 Å². The van der Waals surface area contributed by atoms with Crippen molar-refractivity contribution in [2.75, 3.05) is 32.7 Å². The highest BCUT2D eigenvalue weighted by molar-refractivity contribution is 5.74. The van der Waals surface area contributed by atoms with Gasteiger partial charge in [0.15, 0.2) is 0 Å². The number of urea groups is 1. The van der Waals surface area contributed by atoms with Gasteiger partial charge in [-0.05, 0) is 19.3 Å². The van der Waals surface area contributed by atoms with Crippen LogP contribution in [-0.4, -0.2) is 65.7 Å². The van der Waals surface area contributed by atoms with E-state index in [-0.39, 0.29) is 18.4 Å². The summed E-state index contributed by atoms with van der Waals surface area (Å²) in [6.45, 7) is 10.1. The fourth-order valence-electron chi connectivity index (χ4n) is 2.58. The second kappa shape index (κ2) is 8.87. The molecule has 1 aliphatic rings. The lowest BCUT2D eigenvalue weighted by atomic mass is 10.0. The number of carbonyl (C=O) groups is 2. The summed E-state index contributed by atoms with van der Waals surface area (Å²) in [5.41, 5.74) is 0. The number of nitrogens with zero attached hydrogens (tertiary/aromatic N) is 2. The van der Waals surface area contributed by atoms with Crippen LogP contribution in [0, 0.1) is 5.92 Å². The van der Waals surface area contributed by atoms with Gasteiger partial charge in [0.1, 0.15) is 0 Å². The lowest BCUT2D eigenvalue weighted by molar-refractivity contribution is -0.138. The molecule has 0 aromatic heterocycles. The van der Waals surface area contributed by atoms with Crippen molar-refractivity contribution in [3.63, 3.8) is 0 Å². The maximum absolute atomic E-state index is 12.1. The molecule has 122 valence electrons. The van der Waals surface area contributed by atoms with E-state index in [1.807, 2.05) is 11.8 Å². The highest BCUT2D eigenvalue weighted by Crippen LogP contribution is 2.10. The van der Waals surface area contributed by atoms with Gasteiger partial charge in [0.05, 0.1) is 0 Å². The molecular formula is C15H29N3O3. The molecule has 0 saturated carbocycles. The van der Waals surface area contributed by atoms with E-state index >= 15 is 0 Å². The van der Waals surface area contributed by atoms with Gasteiger partial charge in [-0.3, -0.25) is 9.69 Å². The first kappa shape index (κ1) is 17.8. The molecule has 1 rings (SSSR count).